The summed E-state index contributed by atoms with van der Waals surface area (Å²) in [5.41, 5.74) is 2.54. The maximum Gasteiger partial charge on any atom is 0.337 e. The van der Waals surface area contributed by atoms with Gasteiger partial charge in [-0.15, -0.1) is 0 Å². The number of hydrogen-bond acceptors (Lipinski definition) is 5. The Morgan fingerprint density at radius 1 is 1.11 bits per heavy atom. The zero-order chi connectivity index (χ0) is 19.4. The maximum absolute atomic E-state index is 12.6. The van der Waals surface area contributed by atoms with Crippen LogP contribution < -0.4 is 9.62 Å². The molecule has 0 bridgehead atoms. The fraction of sp³-hybridized carbons (Fsp3) is 0.263. The van der Waals surface area contributed by atoms with Crippen LogP contribution in [-0.2, 0) is 26.0 Å². The largest absolute Gasteiger partial charge is 0.465 e. The van der Waals surface area contributed by atoms with Crippen LogP contribution in [0.15, 0.2) is 48.5 Å². The second-order valence-electron chi connectivity index (χ2n) is 6.13. The minimum atomic E-state index is -3.57. The lowest BCUT2D eigenvalue weighted by Gasteiger charge is -2.19. The number of nitrogens with zero attached hydrogens (tertiary/aromatic N) is 1. The fourth-order valence-corrected chi connectivity index (χ4v) is 4.47. The van der Waals surface area contributed by atoms with Gasteiger partial charge in [0.1, 0.15) is 0 Å². The van der Waals surface area contributed by atoms with E-state index >= 15 is 0 Å². The van der Waals surface area contributed by atoms with E-state index in [1.54, 1.807) is 24.3 Å². The summed E-state index contributed by atoms with van der Waals surface area (Å²) in [4.78, 5) is 23.5. The van der Waals surface area contributed by atoms with Gasteiger partial charge in [0.15, 0.2) is 0 Å². The van der Waals surface area contributed by atoms with Crippen molar-refractivity contribution in [1.82, 2.24) is 0 Å². The number of esters is 1. The van der Waals surface area contributed by atoms with Gasteiger partial charge >= 0.3 is 5.97 Å². The van der Waals surface area contributed by atoms with Gasteiger partial charge in [-0.25, -0.2) is 13.2 Å². The standard InChI is InChI=1S/C19H20N2O5S/c1-26-19(23)15-6-8-16(9-7-15)20-18(22)11-13-27(24,25)21-12-10-14-4-2-3-5-17(14)21/h2-9H,10-13H2,1H3,(H,20,22). The smallest absolute Gasteiger partial charge is 0.337 e. The highest BCUT2D eigenvalue weighted by atomic mass is 32.2. The molecule has 1 aliphatic heterocycles. The topological polar surface area (TPSA) is 92.8 Å². The number of ether oxygens (including phenoxy) is 1. The number of carbonyl (C=O) groups excluding carboxylic acids is 2. The molecular formula is C19H20N2O5S. The summed E-state index contributed by atoms with van der Waals surface area (Å²) in [5, 5.41) is 2.63. The quantitative estimate of drug-likeness (QED) is 0.766. The molecule has 27 heavy (non-hydrogen) atoms. The molecule has 142 valence electrons. The number of hydrogen-bond donors (Lipinski definition) is 1. The number of amides is 1. The number of sulfonamides is 1. The first-order valence-electron chi connectivity index (χ1n) is 8.47. The van der Waals surface area contributed by atoms with Crippen molar-refractivity contribution in [3.63, 3.8) is 0 Å². The van der Waals surface area contributed by atoms with Gasteiger partial charge < -0.3 is 10.1 Å². The third-order valence-corrected chi connectivity index (χ3v) is 6.13. The average Bonchev–Trinajstić information content (AvgIpc) is 3.11. The van der Waals surface area contributed by atoms with E-state index in [-0.39, 0.29) is 12.2 Å². The number of fused-ring (bicyclic) bond motifs is 1. The molecule has 1 amide bonds. The van der Waals surface area contributed by atoms with Gasteiger partial charge in [0, 0.05) is 18.7 Å². The Morgan fingerprint density at radius 2 is 1.81 bits per heavy atom. The Labute approximate surface area is 158 Å². The van der Waals surface area contributed by atoms with Crippen LogP contribution in [0, 0.1) is 0 Å². The second kappa shape index (κ2) is 7.79. The molecule has 3 rings (SSSR count). The summed E-state index contributed by atoms with van der Waals surface area (Å²) in [6.07, 6.45) is 0.522. The van der Waals surface area contributed by atoms with Crippen molar-refractivity contribution in [3.05, 3.63) is 59.7 Å². The third-order valence-electron chi connectivity index (χ3n) is 4.36. The van der Waals surface area contributed by atoms with E-state index in [9.17, 15) is 18.0 Å². The molecule has 0 radical (unpaired) electrons. The van der Waals surface area contributed by atoms with Crippen LogP contribution in [0.2, 0.25) is 0 Å². The third kappa shape index (κ3) is 4.28. The van der Waals surface area contributed by atoms with Gasteiger partial charge in [0.2, 0.25) is 15.9 Å². The summed E-state index contributed by atoms with van der Waals surface area (Å²) < 4.78 is 31.2. The Kier molecular flexibility index (Phi) is 5.46. The zero-order valence-corrected chi connectivity index (χ0v) is 15.7. The van der Waals surface area contributed by atoms with E-state index in [0.717, 1.165) is 5.56 Å². The molecule has 0 saturated carbocycles. The number of para-hydroxylation sites is 1. The van der Waals surface area contributed by atoms with Crippen LogP contribution in [-0.4, -0.2) is 39.7 Å². The first-order chi connectivity index (χ1) is 12.9. The number of rotatable bonds is 6. The van der Waals surface area contributed by atoms with E-state index in [4.69, 9.17) is 0 Å². The van der Waals surface area contributed by atoms with E-state index in [0.29, 0.717) is 29.9 Å². The van der Waals surface area contributed by atoms with Crippen molar-refractivity contribution < 1.29 is 22.7 Å². The summed E-state index contributed by atoms with van der Waals surface area (Å²) in [5.74, 6) is -1.14. The number of nitrogens with one attached hydrogen (secondary N) is 1. The summed E-state index contributed by atoms with van der Waals surface area (Å²) in [7, 11) is -2.28. The molecule has 8 heteroatoms. The van der Waals surface area contributed by atoms with Crippen LogP contribution in [0.3, 0.4) is 0 Å². The Bertz CT molecular complexity index is 954. The SMILES string of the molecule is COC(=O)c1ccc(NC(=O)CCS(=O)(=O)N2CCc3ccccc32)cc1. The molecule has 2 aromatic carbocycles. The molecule has 0 aliphatic carbocycles. The molecule has 0 fully saturated rings. The van der Waals surface area contributed by atoms with Gasteiger partial charge in [0.05, 0.1) is 24.1 Å². The molecule has 0 unspecified atom stereocenters. The van der Waals surface area contributed by atoms with Gasteiger partial charge in [-0.05, 0) is 42.3 Å². The minimum Gasteiger partial charge on any atom is -0.465 e. The molecule has 1 heterocycles. The van der Waals surface area contributed by atoms with Crippen LogP contribution in [0.5, 0.6) is 0 Å². The summed E-state index contributed by atoms with van der Waals surface area (Å²) in [6.45, 7) is 0.401. The Hall–Kier alpha value is -2.87. The van der Waals surface area contributed by atoms with Crippen LogP contribution in [0.1, 0.15) is 22.3 Å². The molecule has 1 N–H and O–H groups in total. The van der Waals surface area contributed by atoms with Gasteiger partial charge in [-0.2, -0.15) is 0 Å². The lowest BCUT2D eigenvalue weighted by atomic mass is 10.2. The first-order valence-corrected chi connectivity index (χ1v) is 10.1. The summed E-state index contributed by atoms with van der Waals surface area (Å²) in [6, 6.07) is 13.6. The van der Waals surface area contributed by atoms with Crippen LogP contribution >= 0.6 is 0 Å². The van der Waals surface area contributed by atoms with Gasteiger partial charge in [-0.3, -0.25) is 9.10 Å². The number of carbonyl (C=O) groups is 2. The Balaban J connectivity index is 1.58. The number of methoxy groups -OCH3 is 1. The molecular weight excluding hydrogens is 368 g/mol. The van der Waals surface area contributed by atoms with Gasteiger partial charge in [0.25, 0.3) is 0 Å². The molecule has 7 nitrogen and oxygen atoms in total. The van der Waals surface area contributed by atoms with Crippen molar-refractivity contribution in [3.8, 4) is 0 Å². The minimum absolute atomic E-state index is 0.153. The van der Waals surface area contributed by atoms with E-state index < -0.39 is 21.9 Å². The zero-order valence-electron chi connectivity index (χ0n) is 14.8. The molecule has 0 atom stereocenters. The normalized spacial score (nSPS) is 13.1. The number of benzene rings is 2. The maximum atomic E-state index is 12.6. The van der Waals surface area contributed by atoms with Crippen LogP contribution in [0.25, 0.3) is 0 Å². The highest BCUT2D eigenvalue weighted by Gasteiger charge is 2.29. The molecule has 1 aliphatic rings. The monoisotopic (exact) mass is 388 g/mol. The van der Waals surface area contributed by atoms with Gasteiger partial charge in [-0.1, -0.05) is 18.2 Å². The van der Waals surface area contributed by atoms with Crippen molar-refractivity contribution in [2.24, 2.45) is 0 Å². The summed E-state index contributed by atoms with van der Waals surface area (Å²) >= 11 is 0. The Morgan fingerprint density at radius 3 is 2.52 bits per heavy atom. The second-order valence-corrected chi connectivity index (χ2v) is 8.15. The van der Waals surface area contributed by atoms with Crippen LogP contribution in [0.4, 0.5) is 11.4 Å². The lowest BCUT2D eigenvalue weighted by Crippen LogP contribution is -2.32. The van der Waals surface area contributed by atoms with Crippen molar-refractivity contribution in [2.45, 2.75) is 12.8 Å². The highest BCUT2D eigenvalue weighted by molar-refractivity contribution is 7.92. The number of anilines is 2. The predicted octanol–water partition coefficient (Wildman–Crippen LogP) is 2.19. The fourth-order valence-electron chi connectivity index (χ4n) is 2.96. The molecule has 0 saturated heterocycles. The molecule has 0 spiro atoms. The van der Waals surface area contributed by atoms with Crippen molar-refractivity contribution in [2.75, 3.05) is 29.0 Å². The van der Waals surface area contributed by atoms with E-state index in [2.05, 4.69) is 10.1 Å². The van der Waals surface area contributed by atoms with E-state index in [1.807, 2.05) is 12.1 Å². The highest BCUT2D eigenvalue weighted by Crippen LogP contribution is 2.30. The lowest BCUT2D eigenvalue weighted by molar-refractivity contribution is -0.115. The van der Waals surface area contributed by atoms with Crippen molar-refractivity contribution >= 4 is 33.3 Å². The molecule has 0 aromatic heterocycles. The van der Waals surface area contributed by atoms with Crippen molar-refractivity contribution in [1.29, 1.82) is 0 Å². The van der Waals surface area contributed by atoms with E-state index in [1.165, 1.54) is 23.5 Å². The first kappa shape index (κ1) is 18.9. The molecule has 2 aromatic rings. The predicted molar refractivity (Wildman–Crippen MR) is 102 cm³/mol. The average molecular weight is 388 g/mol.